The van der Waals surface area contributed by atoms with Crippen LogP contribution < -0.4 is 9.61 Å². The van der Waals surface area contributed by atoms with Crippen molar-refractivity contribution in [3.8, 4) is 17.0 Å². The Hall–Kier alpha value is -3.49. The van der Waals surface area contributed by atoms with Gasteiger partial charge in [-0.15, -0.1) is 11.3 Å². The third-order valence-electron chi connectivity index (χ3n) is 4.61. The van der Waals surface area contributed by atoms with Gasteiger partial charge in [0.2, 0.25) is 5.13 Å². The van der Waals surface area contributed by atoms with E-state index in [0.717, 1.165) is 27.3 Å². The second kappa shape index (κ2) is 9.33. The van der Waals surface area contributed by atoms with E-state index in [1.54, 1.807) is 42.6 Å². The maximum absolute atomic E-state index is 12.4. The number of rotatable bonds is 7. The molecule has 3 aromatic carbocycles. The molecule has 6 nitrogen and oxygen atoms in total. The van der Waals surface area contributed by atoms with Gasteiger partial charge in [0.15, 0.2) is 0 Å². The number of aromatic nitrogens is 1. The Morgan fingerprint density at radius 2 is 1.62 bits per heavy atom. The SMILES string of the molecule is Cc1ccc(S(=O)(=O)Oc2ccc(/C=N\Nc3nc(-c4ccccc4)c(C)s3)cc2)cc1. The largest absolute Gasteiger partial charge is 0.379 e. The van der Waals surface area contributed by atoms with Gasteiger partial charge in [-0.05, 0) is 55.8 Å². The minimum Gasteiger partial charge on any atom is -0.379 e. The minimum atomic E-state index is -3.87. The van der Waals surface area contributed by atoms with Gasteiger partial charge in [0.25, 0.3) is 0 Å². The molecule has 1 heterocycles. The van der Waals surface area contributed by atoms with Crippen LogP contribution in [0.2, 0.25) is 0 Å². The molecule has 32 heavy (non-hydrogen) atoms. The van der Waals surface area contributed by atoms with E-state index in [2.05, 4.69) is 15.5 Å². The third kappa shape index (κ3) is 5.22. The van der Waals surface area contributed by atoms with Crippen molar-refractivity contribution < 1.29 is 12.6 Å². The number of thiazole rings is 1. The lowest BCUT2D eigenvalue weighted by Crippen LogP contribution is -2.09. The van der Waals surface area contributed by atoms with E-state index in [0.29, 0.717) is 5.13 Å². The second-order valence-electron chi connectivity index (χ2n) is 7.08. The number of benzene rings is 3. The van der Waals surface area contributed by atoms with Gasteiger partial charge in [0, 0.05) is 10.4 Å². The first-order chi connectivity index (χ1) is 15.4. The van der Waals surface area contributed by atoms with E-state index < -0.39 is 10.1 Å². The van der Waals surface area contributed by atoms with Crippen LogP contribution in [0.3, 0.4) is 0 Å². The van der Waals surface area contributed by atoms with Crippen molar-refractivity contribution in [2.75, 3.05) is 5.43 Å². The predicted molar refractivity (Wildman–Crippen MR) is 129 cm³/mol. The first kappa shape index (κ1) is 21.7. The molecule has 0 spiro atoms. The molecule has 0 radical (unpaired) electrons. The highest BCUT2D eigenvalue weighted by molar-refractivity contribution is 7.87. The summed E-state index contributed by atoms with van der Waals surface area (Å²) in [6, 6.07) is 23.2. The Morgan fingerprint density at radius 1 is 0.938 bits per heavy atom. The molecular weight excluding hydrogens is 442 g/mol. The van der Waals surface area contributed by atoms with Crippen molar-refractivity contribution >= 4 is 32.8 Å². The molecule has 0 saturated heterocycles. The normalized spacial score (nSPS) is 11.6. The van der Waals surface area contributed by atoms with E-state index in [-0.39, 0.29) is 10.6 Å². The summed E-state index contributed by atoms with van der Waals surface area (Å²) in [6.07, 6.45) is 1.64. The average molecular weight is 464 g/mol. The summed E-state index contributed by atoms with van der Waals surface area (Å²) >= 11 is 1.53. The summed E-state index contributed by atoms with van der Waals surface area (Å²) in [5, 5.41) is 4.93. The zero-order valence-electron chi connectivity index (χ0n) is 17.5. The fraction of sp³-hybridized carbons (Fsp3) is 0.0833. The van der Waals surface area contributed by atoms with Crippen molar-refractivity contribution in [1.29, 1.82) is 0 Å². The molecule has 0 aliphatic carbocycles. The lowest BCUT2D eigenvalue weighted by atomic mass is 10.1. The Balaban J connectivity index is 1.39. The fourth-order valence-corrected chi connectivity index (χ4v) is 4.67. The number of hydrogen-bond donors (Lipinski definition) is 1. The first-order valence-electron chi connectivity index (χ1n) is 9.84. The molecule has 0 aliphatic rings. The van der Waals surface area contributed by atoms with E-state index in [4.69, 9.17) is 4.18 Å². The molecule has 162 valence electrons. The molecule has 0 aliphatic heterocycles. The van der Waals surface area contributed by atoms with Crippen molar-refractivity contribution in [3.05, 3.63) is 94.9 Å². The molecule has 4 rings (SSSR count). The van der Waals surface area contributed by atoms with Crippen LogP contribution in [0, 0.1) is 13.8 Å². The van der Waals surface area contributed by atoms with Gasteiger partial charge in [0.05, 0.1) is 11.9 Å². The molecule has 0 saturated carbocycles. The fourth-order valence-electron chi connectivity index (χ4n) is 2.96. The summed E-state index contributed by atoms with van der Waals surface area (Å²) in [5.41, 5.74) is 6.72. The van der Waals surface area contributed by atoms with Crippen molar-refractivity contribution in [2.45, 2.75) is 18.7 Å². The van der Waals surface area contributed by atoms with Gasteiger partial charge in [-0.3, -0.25) is 5.43 Å². The van der Waals surface area contributed by atoms with Gasteiger partial charge in [-0.2, -0.15) is 13.5 Å². The molecule has 8 heteroatoms. The van der Waals surface area contributed by atoms with Crippen molar-refractivity contribution in [2.24, 2.45) is 5.10 Å². The van der Waals surface area contributed by atoms with Gasteiger partial charge >= 0.3 is 10.1 Å². The zero-order chi connectivity index (χ0) is 22.6. The van der Waals surface area contributed by atoms with Crippen LogP contribution in [0.5, 0.6) is 5.75 Å². The van der Waals surface area contributed by atoms with E-state index >= 15 is 0 Å². The zero-order valence-corrected chi connectivity index (χ0v) is 19.2. The highest BCUT2D eigenvalue weighted by Gasteiger charge is 2.16. The number of aryl methyl sites for hydroxylation is 2. The molecule has 1 aromatic heterocycles. The predicted octanol–water partition coefficient (Wildman–Crippen LogP) is 5.64. The van der Waals surface area contributed by atoms with Crippen LogP contribution in [0.15, 0.2) is 88.9 Å². The maximum Gasteiger partial charge on any atom is 0.339 e. The highest BCUT2D eigenvalue weighted by Crippen LogP contribution is 2.30. The Morgan fingerprint density at radius 3 is 2.31 bits per heavy atom. The monoisotopic (exact) mass is 463 g/mol. The standard InChI is InChI=1S/C24H21N3O3S2/c1-17-8-14-22(15-9-17)32(28,29)30-21-12-10-19(11-13-21)16-25-27-24-26-23(18(2)31-24)20-6-4-3-5-7-20/h3-16H,1-2H3,(H,26,27)/b25-16-. The van der Waals surface area contributed by atoms with Crippen LogP contribution in [0.25, 0.3) is 11.3 Å². The van der Waals surface area contributed by atoms with E-state index in [9.17, 15) is 8.42 Å². The van der Waals surface area contributed by atoms with Gasteiger partial charge in [0.1, 0.15) is 10.6 Å². The van der Waals surface area contributed by atoms with Gasteiger partial charge in [-0.25, -0.2) is 4.98 Å². The molecule has 0 bridgehead atoms. The summed E-state index contributed by atoms with van der Waals surface area (Å²) in [4.78, 5) is 5.83. The van der Waals surface area contributed by atoms with Gasteiger partial charge in [-0.1, -0.05) is 48.0 Å². The smallest absolute Gasteiger partial charge is 0.339 e. The first-order valence-corrected chi connectivity index (χ1v) is 12.1. The molecule has 0 atom stereocenters. The average Bonchev–Trinajstić information content (AvgIpc) is 3.16. The number of anilines is 1. The summed E-state index contributed by atoms with van der Waals surface area (Å²) < 4.78 is 30.0. The highest BCUT2D eigenvalue weighted by atomic mass is 32.2. The second-order valence-corrected chi connectivity index (χ2v) is 9.83. The van der Waals surface area contributed by atoms with Crippen molar-refractivity contribution in [3.63, 3.8) is 0 Å². The van der Waals surface area contributed by atoms with Crippen LogP contribution in [-0.2, 0) is 10.1 Å². The topological polar surface area (TPSA) is 80.7 Å². The quantitative estimate of drug-likeness (QED) is 0.218. The van der Waals surface area contributed by atoms with Crippen LogP contribution in [0.1, 0.15) is 16.0 Å². The van der Waals surface area contributed by atoms with Crippen LogP contribution in [0.4, 0.5) is 5.13 Å². The molecular formula is C24H21N3O3S2. The van der Waals surface area contributed by atoms with Crippen molar-refractivity contribution in [1.82, 2.24) is 4.98 Å². The molecule has 1 N–H and O–H groups in total. The minimum absolute atomic E-state index is 0.117. The molecule has 0 fully saturated rings. The van der Waals surface area contributed by atoms with Crippen LogP contribution in [-0.4, -0.2) is 19.6 Å². The number of nitrogens with one attached hydrogen (secondary N) is 1. The number of nitrogens with zero attached hydrogens (tertiary/aromatic N) is 2. The van der Waals surface area contributed by atoms with E-state index in [1.165, 1.54) is 23.5 Å². The Bertz CT molecular complexity index is 1330. The Labute approximate surface area is 191 Å². The molecule has 0 unspecified atom stereocenters. The summed E-state index contributed by atoms with van der Waals surface area (Å²) in [5.74, 6) is 0.235. The summed E-state index contributed by atoms with van der Waals surface area (Å²) in [6.45, 7) is 3.92. The van der Waals surface area contributed by atoms with Gasteiger partial charge < -0.3 is 4.18 Å². The molecule has 0 amide bonds. The van der Waals surface area contributed by atoms with Crippen LogP contribution >= 0.6 is 11.3 Å². The number of hydrogen-bond acceptors (Lipinski definition) is 7. The molecule has 4 aromatic rings. The third-order valence-corrected chi connectivity index (χ3v) is 6.75. The van der Waals surface area contributed by atoms with E-state index in [1.807, 2.05) is 44.2 Å². The summed E-state index contributed by atoms with van der Waals surface area (Å²) in [7, 11) is -3.87. The maximum atomic E-state index is 12.4. The lowest BCUT2D eigenvalue weighted by molar-refractivity contribution is 0.486. The lowest BCUT2D eigenvalue weighted by Gasteiger charge is -2.07. The number of hydrazone groups is 1. The Kier molecular flexibility index (Phi) is 6.34.